The molecule has 0 aliphatic rings. The maximum Gasteiger partial charge on any atom is 0.279 e. The van der Waals surface area contributed by atoms with Gasteiger partial charge < -0.3 is 12.4 Å². The molecule has 0 amide bonds. The Morgan fingerprint density at radius 3 is 1.09 bits per heavy atom. The number of halogens is 1. The Morgan fingerprint density at radius 2 is 0.870 bits per heavy atom. The predicted octanol–water partition coefficient (Wildman–Crippen LogP) is 1.16. The van der Waals surface area contributed by atoms with Crippen molar-refractivity contribution in [1.29, 1.82) is 0 Å². The van der Waals surface area contributed by atoms with Gasteiger partial charge in [0, 0.05) is 9.24 Å². The molecule has 1 atom stereocenters. The molecule has 0 bridgehead atoms. The largest absolute Gasteiger partial charge is 1.00 e. The highest BCUT2D eigenvalue weighted by molar-refractivity contribution is 7.40. The summed E-state index contributed by atoms with van der Waals surface area (Å²) in [6.07, 6.45) is 0. The van der Waals surface area contributed by atoms with Crippen LogP contribution in [0.2, 0.25) is 0 Å². The van der Waals surface area contributed by atoms with Crippen LogP contribution in [0.3, 0.4) is 0 Å². The van der Waals surface area contributed by atoms with Crippen LogP contribution in [0.25, 0.3) is 0 Å². The molecule has 1 unspecified atom stereocenters. The summed E-state index contributed by atoms with van der Waals surface area (Å²) in [5.74, 6) is 0. The van der Waals surface area contributed by atoms with Crippen molar-refractivity contribution >= 4 is 14.8 Å². The Balaban J connectivity index is 0.00000192. The van der Waals surface area contributed by atoms with Gasteiger partial charge in [0.25, 0.3) is 5.52 Å². The Labute approximate surface area is 145 Å². The summed E-state index contributed by atoms with van der Waals surface area (Å²) in [6, 6.07) is 30.1. The standard InChI is InChI=1S/C20H17OP.ClH/c21-19(22)20(16-10-4-1-5-11-16,17-12-6-2-7-13-17)18-14-8-3-9-15-18;/h1-15H,22H2;1H. The molecular formula is C20H18ClOP. The molecule has 23 heavy (non-hydrogen) atoms. The smallest absolute Gasteiger partial charge is 0.279 e. The first-order valence-corrected chi connectivity index (χ1v) is 8.00. The molecule has 0 saturated carbocycles. The second-order valence-electron chi connectivity index (χ2n) is 5.27. The quantitative estimate of drug-likeness (QED) is 0.514. The van der Waals surface area contributed by atoms with Crippen LogP contribution in [0.15, 0.2) is 91.0 Å². The van der Waals surface area contributed by atoms with Gasteiger partial charge in [-0.2, -0.15) is 0 Å². The highest BCUT2D eigenvalue weighted by Crippen LogP contribution is 2.41. The average Bonchev–Trinajstić information content (AvgIpc) is 2.58. The lowest BCUT2D eigenvalue weighted by molar-refractivity contribution is -0.113. The number of hydrogen-bond donors (Lipinski definition) is 0. The van der Waals surface area contributed by atoms with Crippen molar-refractivity contribution in [3.63, 3.8) is 0 Å². The molecule has 3 aromatic rings. The van der Waals surface area contributed by atoms with Gasteiger partial charge >= 0.3 is 0 Å². The number of carbonyl (C=O) groups is 1. The van der Waals surface area contributed by atoms with E-state index in [0.29, 0.717) is 0 Å². The molecule has 3 heteroatoms. The fraction of sp³-hybridized carbons (Fsp3) is 0.0500. The van der Waals surface area contributed by atoms with E-state index in [-0.39, 0.29) is 17.9 Å². The van der Waals surface area contributed by atoms with E-state index in [4.69, 9.17) is 0 Å². The minimum absolute atomic E-state index is 0. The first-order chi connectivity index (χ1) is 10.8. The number of benzene rings is 3. The lowest BCUT2D eigenvalue weighted by Crippen LogP contribution is -3.00. The van der Waals surface area contributed by atoms with Crippen LogP contribution in [-0.4, -0.2) is 5.52 Å². The van der Waals surface area contributed by atoms with Crippen molar-refractivity contribution in [2.45, 2.75) is 5.41 Å². The third-order valence-electron chi connectivity index (χ3n) is 4.04. The van der Waals surface area contributed by atoms with Gasteiger partial charge in [-0.15, -0.1) is 0 Å². The van der Waals surface area contributed by atoms with Gasteiger partial charge in [-0.05, 0) is 16.7 Å². The maximum atomic E-state index is 12.9. The monoisotopic (exact) mass is 340 g/mol. The van der Waals surface area contributed by atoms with E-state index in [1.807, 2.05) is 91.0 Å². The van der Waals surface area contributed by atoms with E-state index in [0.717, 1.165) is 16.7 Å². The first-order valence-electron chi connectivity index (χ1n) is 7.29. The van der Waals surface area contributed by atoms with E-state index in [9.17, 15) is 4.79 Å². The van der Waals surface area contributed by atoms with Crippen LogP contribution in [0.4, 0.5) is 0 Å². The summed E-state index contributed by atoms with van der Waals surface area (Å²) in [5, 5.41) is 0. The van der Waals surface area contributed by atoms with Crippen molar-refractivity contribution in [3.8, 4) is 0 Å². The van der Waals surface area contributed by atoms with Crippen LogP contribution < -0.4 is 12.4 Å². The van der Waals surface area contributed by atoms with Gasteiger partial charge in [-0.1, -0.05) is 91.0 Å². The lowest BCUT2D eigenvalue weighted by atomic mass is 9.70. The molecular weight excluding hydrogens is 323 g/mol. The molecule has 0 saturated heterocycles. The normalized spacial score (nSPS) is 10.8. The SMILES string of the molecule is O=C([PH3+])C(c1ccccc1)(c1ccccc1)c1ccccc1.[Cl-]. The van der Waals surface area contributed by atoms with Crippen molar-refractivity contribution in [1.82, 2.24) is 0 Å². The first kappa shape index (κ1) is 17.4. The third-order valence-corrected chi connectivity index (χ3v) is 4.57. The van der Waals surface area contributed by atoms with Crippen molar-refractivity contribution < 1.29 is 17.2 Å². The molecule has 0 fully saturated rings. The van der Waals surface area contributed by atoms with Crippen LogP contribution >= 0.6 is 9.24 Å². The van der Waals surface area contributed by atoms with Crippen LogP contribution in [0, 0.1) is 0 Å². The number of hydrogen-bond acceptors (Lipinski definition) is 1. The van der Waals surface area contributed by atoms with E-state index in [2.05, 4.69) is 0 Å². The molecule has 0 aromatic heterocycles. The molecule has 0 aliphatic carbocycles. The lowest BCUT2D eigenvalue weighted by Gasteiger charge is -2.30. The summed E-state index contributed by atoms with van der Waals surface area (Å²) in [6.45, 7) is 0. The third kappa shape index (κ3) is 3.08. The summed E-state index contributed by atoms with van der Waals surface area (Å²) >= 11 is 0. The summed E-state index contributed by atoms with van der Waals surface area (Å²) < 4.78 is 0. The minimum atomic E-state index is -0.748. The van der Waals surface area contributed by atoms with Gasteiger partial charge in [0.2, 0.25) is 0 Å². The zero-order valence-electron chi connectivity index (χ0n) is 12.7. The number of carbonyl (C=O) groups excluding carboxylic acids is 1. The number of rotatable bonds is 4. The molecule has 3 aromatic carbocycles. The van der Waals surface area contributed by atoms with E-state index < -0.39 is 5.41 Å². The van der Waals surface area contributed by atoms with Crippen LogP contribution in [0.5, 0.6) is 0 Å². The molecule has 0 aliphatic heterocycles. The van der Waals surface area contributed by atoms with E-state index in [1.165, 1.54) is 9.24 Å². The summed E-state index contributed by atoms with van der Waals surface area (Å²) in [7, 11) is 1.44. The van der Waals surface area contributed by atoms with Crippen molar-refractivity contribution in [2.75, 3.05) is 0 Å². The predicted molar refractivity (Wildman–Crippen MR) is 95.3 cm³/mol. The summed E-state index contributed by atoms with van der Waals surface area (Å²) in [4.78, 5) is 12.9. The highest BCUT2D eigenvalue weighted by atomic mass is 35.5. The molecule has 1 nitrogen and oxygen atoms in total. The van der Waals surface area contributed by atoms with E-state index >= 15 is 0 Å². The maximum absolute atomic E-state index is 12.9. The molecule has 0 radical (unpaired) electrons. The Kier molecular flexibility index (Phi) is 5.71. The van der Waals surface area contributed by atoms with Gasteiger partial charge in [0.05, 0.1) is 0 Å². The second-order valence-corrected chi connectivity index (χ2v) is 5.91. The zero-order chi connectivity index (χ0) is 15.4. The fourth-order valence-corrected chi connectivity index (χ4v) is 3.66. The van der Waals surface area contributed by atoms with Gasteiger partial charge in [-0.25, -0.2) is 0 Å². The minimum Gasteiger partial charge on any atom is -1.00 e. The van der Waals surface area contributed by atoms with Gasteiger partial charge in [0.15, 0.2) is 0 Å². The Bertz CT molecular complexity index is 661. The highest BCUT2D eigenvalue weighted by Gasteiger charge is 2.44. The fourth-order valence-electron chi connectivity index (χ4n) is 3.05. The molecule has 0 heterocycles. The van der Waals surface area contributed by atoms with E-state index in [1.54, 1.807) is 0 Å². The molecule has 0 N–H and O–H groups in total. The summed E-state index contributed by atoms with van der Waals surface area (Å²) in [5.41, 5.74) is 2.42. The van der Waals surface area contributed by atoms with Crippen molar-refractivity contribution in [3.05, 3.63) is 108 Å². The van der Waals surface area contributed by atoms with Crippen LogP contribution in [-0.2, 0) is 10.2 Å². The van der Waals surface area contributed by atoms with Crippen molar-refractivity contribution in [2.24, 2.45) is 0 Å². The second kappa shape index (κ2) is 7.55. The molecule has 116 valence electrons. The van der Waals surface area contributed by atoms with Gasteiger partial charge in [-0.3, -0.25) is 4.79 Å². The zero-order valence-corrected chi connectivity index (χ0v) is 14.8. The molecule has 3 rings (SSSR count). The van der Waals surface area contributed by atoms with Crippen LogP contribution in [0.1, 0.15) is 16.7 Å². The topological polar surface area (TPSA) is 17.1 Å². The Hall–Kier alpha value is -1.95. The molecule has 0 spiro atoms. The Morgan fingerprint density at radius 1 is 0.609 bits per heavy atom. The average molecular weight is 341 g/mol. The van der Waals surface area contributed by atoms with Gasteiger partial charge in [0.1, 0.15) is 5.41 Å².